The molecule has 10 heterocycles. The first kappa shape index (κ1) is 40.1. The Bertz CT molecular complexity index is 2790. The van der Waals surface area contributed by atoms with Crippen molar-refractivity contribution in [1.82, 2.24) is 29.1 Å². The summed E-state index contributed by atoms with van der Waals surface area (Å²) in [6.45, 7) is 9.78. The van der Waals surface area contributed by atoms with Gasteiger partial charge >= 0.3 is 8.88 Å². The number of aromatic nitrogens is 4. The lowest BCUT2D eigenvalue weighted by Crippen LogP contribution is -2.68. The van der Waals surface area contributed by atoms with Crippen molar-refractivity contribution < 1.29 is 18.3 Å². The third kappa shape index (κ3) is 6.81. The van der Waals surface area contributed by atoms with Gasteiger partial charge < -0.3 is 23.6 Å². The fourth-order valence-electron chi connectivity index (χ4n) is 10.7. The van der Waals surface area contributed by atoms with Gasteiger partial charge in [0.25, 0.3) is 0 Å². The van der Waals surface area contributed by atoms with Crippen LogP contribution in [0.15, 0.2) is 122 Å². The highest BCUT2D eigenvalue weighted by Gasteiger charge is 2.62. The molecule has 330 valence electrons. The van der Waals surface area contributed by atoms with Crippen LogP contribution in [0.3, 0.4) is 0 Å². The lowest BCUT2D eigenvalue weighted by Gasteiger charge is -2.44. The Labute approximate surface area is 377 Å². The van der Waals surface area contributed by atoms with E-state index in [1.807, 2.05) is 36.7 Å². The highest BCUT2D eigenvalue weighted by Crippen LogP contribution is 2.48. The molecule has 17 heteroatoms. The summed E-state index contributed by atoms with van der Waals surface area (Å²) in [5.74, 6) is 5.33. The van der Waals surface area contributed by atoms with Gasteiger partial charge in [-0.2, -0.15) is 0 Å². The first-order valence-electron chi connectivity index (χ1n) is 23.0. The summed E-state index contributed by atoms with van der Waals surface area (Å²) in [4.78, 5) is 47.0. The number of rotatable bonds is 12. The van der Waals surface area contributed by atoms with E-state index >= 15 is 0 Å². The first-order valence-corrected chi connectivity index (χ1v) is 24.7. The number of amidine groups is 5. The van der Waals surface area contributed by atoms with Crippen molar-refractivity contribution in [2.24, 2.45) is 53.6 Å². The molecule has 1 atom stereocenters. The predicted octanol–water partition coefficient (Wildman–Crippen LogP) is 7.85. The second kappa shape index (κ2) is 16.5. The maximum absolute atomic E-state index is 7.92. The van der Waals surface area contributed by atoms with E-state index in [1.165, 1.54) is 0 Å². The normalized spacial score (nSPS) is 29.4. The molecule has 65 heavy (non-hydrogen) atoms. The Morgan fingerprint density at radius 1 is 0.677 bits per heavy atom. The SMILES string of the molecule is C=COCC1CCC(CO[Si]2(OCC3CCC(COC=C)CC3)N3/C4=N\C5=NC(=N\c6c7ncccc7c(n62)/N=C2\N=C(NC3c3ncccc34)c3cccnc32)/C2=C5N=CCC2)CC1. The average Bonchev–Trinajstić information content (AvgIpc) is 4.07. The number of nitrogens with one attached hydrogen (secondary N) is 1. The van der Waals surface area contributed by atoms with E-state index in [2.05, 4.69) is 39.4 Å². The van der Waals surface area contributed by atoms with Crippen molar-refractivity contribution in [1.29, 1.82) is 0 Å². The van der Waals surface area contributed by atoms with Gasteiger partial charge in [0, 0.05) is 60.1 Å². The summed E-state index contributed by atoms with van der Waals surface area (Å²) in [5.41, 5.74) is 5.41. The van der Waals surface area contributed by atoms with Gasteiger partial charge in [-0.1, -0.05) is 13.2 Å². The number of pyridine rings is 3. The minimum Gasteiger partial charge on any atom is -0.502 e. The van der Waals surface area contributed by atoms with Crippen molar-refractivity contribution in [3.8, 4) is 0 Å². The molecule has 8 aliphatic rings. The lowest BCUT2D eigenvalue weighted by atomic mass is 9.83. The topological polar surface area (TPSA) is 170 Å². The van der Waals surface area contributed by atoms with Gasteiger partial charge in [-0.15, -0.1) is 0 Å². The summed E-state index contributed by atoms with van der Waals surface area (Å²) >= 11 is 0. The van der Waals surface area contributed by atoms with Crippen molar-refractivity contribution in [3.05, 3.63) is 114 Å². The van der Waals surface area contributed by atoms with Crippen molar-refractivity contribution in [3.63, 3.8) is 0 Å². The van der Waals surface area contributed by atoms with Gasteiger partial charge in [-0.25, -0.2) is 25.0 Å². The molecule has 16 nitrogen and oxygen atoms in total. The molecule has 4 aromatic heterocycles. The molecule has 2 fully saturated rings. The standard InChI is InChI=1S/C48H50N12O4Si/c1-3-61-25-29-13-17-31(18-14-29)27-63-65(64-28-32-19-15-30(16-20-32)26-62-4-2)59-46-35-11-7-23-51-39(35)47(59)55-41-33-9-5-21-49-37(33)43(53-41)57-45-36-12-8-24-52-40(36)48(60(45)65)56-42-34-10-6-22-50-38(34)44(54-42)58-46/h3-5,7-9,11-12,21-24,29-32,47H,1-2,6,10,13-20,25-28H2,(H,53,55,57)/b56-42-,58-46-. The first-order chi connectivity index (χ1) is 32.1. The summed E-state index contributed by atoms with van der Waals surface area (Å²) < 4.78 is 31.6. The van der Waals surface area contributed by atoms with Crippen molar-refractivity contribution in [2.75, 3.05) is 26.4 Å². The third-order valence-electron chi connectivity index (χ3n) is 14.1. The zero-order valence-corrected chi connectivity index (χ0v) is 37.2. The maximum Gasteiger partial charge on any atom is 0.599 e. The summed E-state index contributed by atoms with van der Waals surface area (Å²) in [5, 5.41) is 4.66. The molecule has 0 radical (unpaired) electrons. The van der Waals surface area contributed by atoms with E-state index in [9.17, 15) is 0 Å². The summed E-state index contributed by atoms with van der Waals surface area (Å²) in [6.07, 6.45) is 19.4. The number of hydrogen-bond donors (Lipinski definition) is 1. The van der Waals surface area contributed by atoms with E-state index in [0.717, 1.165) is 97.7 Å². The number of fused-ring (bicyclic) bond motifs is 13. The number of hydrogen-bond acceptors (Lipinski definition) is 15. The maximum atomic E-state index is 7.92. The van der Waals surface area contributed by atoms with E-state index in [1.54, 1.807) is 24.9 Å². The molecule has 0 aromatic carbocycles. The largest absolute Gasteiger partial charge is 0.599 e. The molecule has 0 spiro atoms. The van der Waals surface area contributed by atoms with E-state index in [-0.39, 0.29) is 11.8 Å². The minimum absolute atomic E-state index is 0.256. The van der Waals surface area contributed by atoms with Crippen molar-refractivity contribution in [2.45, 2.75) is 70.4 Å². The molecule has 1 unspecified atom stereocenters. The van der Waals surface area contributed by atoms with Crippen LogP contribution in [-0.4, -0.2) is 94.5 Å². The van der Waals surface area contributed by atoms with Crippen LogP contribution < -0.4 is 5.32 Å². The molecule has 2 aliphatic carbocycles. The van der Waals surface area contributed by atoms with Gasteiger partial charge in [0.15, 0.2) is 23.3 Å². The molecule has 12 rings (SSSR count). The second-order valence-electron chi connectivity index (χ2n) is 18.0. The molecule has 2 saturated carbocycles. The molecule has 6 aliphatic heterocycles. The van der Waals surface area contributed by atoms with Crippen LogP contribution in [0.25, 0.3) is 10.9 Å². The fraction of sp³-hybridized carbons (Fsp3) is 0.396. The molecular formula is C48H50N12O4Si. The van der Waals surface area contributed by atoms with Crippen LogP contribution in [0.1, 0.15) is 92.9 Å². The van der Waals surface area contributed by atoms with Crippen LogP contribution in [0, 0.1) is 23.7 Å². The van der Waals surface area contributed by atoms with Gasteiger partial charge in [0.1, 0.15) is 40.6 Å². The monoisotopic (exact) mass is 886 g/mol. The predicted molar refractivity (Wildman–Crippen MR) is 251 cm³/mol. The highest BCUT2D eigenvalue weighted by atomic mass is 28.4. The Morgan fingerprint density at radius 2 is 1.32 bits per heavy atom. The lowest BCUT2D eigenvalue weighted by molar-refractivity contribution is 0.0542. The zero-order chi connectivity index (χ0) is 43.5. The van der Waals surface area contributed by atoms with Crippen LogP contribution in [0.4, 0.5) is 11.6 Å². The molecule has 6 bridgehead atoms. The van der Waals surface area contributed by atoms with Crippen LogP contribution in [0.2, 0.25) is 0 Å². The van der Waals surface area contributed by atoms with Gasteiger partial charge in [0.05, 0.1) is 31.4 Å². The minimum atomic E-state index is -4.24. The molecule has 0 amide bonds. The number of aliphatic imine (C=N–C) groups is 6. The summed E-state index contributed by atoms with van der Waals surface area (Å²) in [7, 11) is -4.24. The Morgan fingerprint density at radius 3 is 2.05 bits per heavy atom. The Kier molecular flexibility index (Phi) is 10.2. The highest BCUT2D eigenvalue weighted by molar-refractivity contribution is 6.68. The number of nitrogens with zero attached hydrogens (tertiary/aromatic N) is 11. The molecule has 0 saturated heterocycles. The Hall–Kier alpha value is -6.43. The molecule has 1 N–H and O–H groups in total. The van der Waals surface area contributed by atoms with Crippen molar-refractivity contribution >= 4 is 66.8 Å². The van der Waals surface area contributed by atoms with Gasteiger partial charge in [-0.3, -0.25) is 28.7 Å². The van der Waals surface area contributed by atoms with E-state index in [0.29, 0.717) is 90.3 Å². The van der Waals surface area contributed by atoms with Crippen LogP contribution in [0.5, 0.6) is 0 Å². The van der Waals surface area contributed by atoms with Crippen LogP contribution >= 0.6 is 0 Å². The molecule has 4 aromatic rings. The van der Waals surface area contributed by atoms with E-state index in [4.69, 9.17) is 63.2 Å². The molecular weight excluding hydrogens is 837 g/mol. The van der Waals surface area contributed by atoms with Gasteiger partial charge in [-0.05, 0) is 124 Å². The fourth-order valence-corrected chi connectivity index (χ4v) is 14.3. The van der Waals surface area contributed by atoms with E-state index < -0.39 is 15.0 Å². The zero-order valence-electron chi connectivity index (χ0n) is 36.2. The van der Waals surface area contributed by atoms with Gasteiger partial charge in [0.2, 0.25) is 0 Å². The van der Waals surface area contributed by atoms with Crippen LogP contribution in [-0.2, 0) is 18.3 Å². The Balaban J connectivity index is 1.11. The average molecular weight is 887 g/mol. The number of ether oxygens (including phenoxy) is 2. The second-order valence-corrected chi connectivity index (χ2v) is 20.6. The third-order valence-corrected chi connectivity index (χ3v) is 17.2. The quantitative estimate of drug-likeness (QED) is 0.110. The smallest absolute Gasteiger partial charge is 0.502 e. The summed E-state index contributed by atoms with van der Waals surface area (Å²) in [6, 6.07) is 12.0.